The minimum Gasteiger partial charge on any atom is -0.378 e. The number of pyridine rings is 1. The van der Waals surface area contributed by atoms with E-state index in [0.717, 1.165) is 52.0 Å². The minimum atomic E-state index is -0.571. The Kier molecular flexibility index (Phi) is 7.77. The monoisotopic (exact) mass is 510 g/mol. The molecule has 11 heteroatoms. The molecule has 2 aromatic rings. The first-order chi connectivity index (χ1) is 16.3. The number of piperidine rings is 1. The van der Waals surface area contributed by atoms with Gasteiger partial charge >= 0.3 is 5.69 Å². The van der Waals surface area contributed by atoms with E-state index in [-0.39, 0.29) is 22.3 Å². The van der Waals surface area contributed by atoms with Crippen LogP contribution < -0.4 is 10.6 Å². The maximum Gasteiger partial charge on any atom is 0.312 e. The fourth-order valence-electron chi connectivity index (χ4n) is 5.06. The van der Waals surface area contributed by atoms with Gasteiger partial charge in [0.1, 0.15) is 11.6 Å². The van der Waals surface area contributed by atoms with Crippen molar-refractivity contribution in [1.82, 2.24) is 14.8 Å². The number of rotatable bonds is 6. The summed E-state index contributed by atoms with van der Waals surface area (Å²) in [5, 5.41) is 11.8. The molecule has 0 amide bonds. The standard InChI is InChI=1S/C23H29Cl2FN6O2/c1-2-17-14-30(23-19(25)12-21(32(33)34)22(27)28-23)9-10-31(17)18-5-7-29(8-6-18)13-15-3-4-16(24)11-20(15)26/h3-4,11-12,17-18H,2,5-10,13-14H2,1H3,(H2,27,28)/t17-/m0/s1. The molecule has 0 bridgehead atoms. The Balaban J connectivity index is 1.37. The second kappa shape index (κ2) is 10.6. The number of aromatic nitrogens is 1. The molecule has 0 aliphatic carbocycles. The van der Waals surface area contributed by atoms with Gasteiger partial charge in [0.15, 0.2) is 0 Å². The van der Waals surface area contributed by atoms with E-state index < -0.39 is 4.92 Å². The smallest absolute Gasteiger partial charge is 0.312 e. The van der Waals surface area contributed by atoms with Crippen LogP contribution in [0.1, 0.15) is 31.7 Å². The average molecular weight is 511 g/mol. The summed E-state index contributed by atoms with van der Waals surface area (Å²) in [7, 11) is 0. The van der Waals surface area contributed by atoms with Crippen LogP contribution in [0.4, 0.5) is 21.7 Å². The Morgan fingerprint density at radius 3 is 2.59 bits per heavy atom. The Bertz CT molecular complexity index is 1050. The molecule has 2 saturated heterocycles. The van der Waals surface area contributed by atoms with Crippen molar-refractivity contribution in [3.8, 4) is 0 Å². The van der Waals surface area contributed by atoms with Gasteiger partial charge in [0.25, 0.3) is 0 Å². The number of likely N-dealkylation sites (tertiary alicyclic amines) is 1. The number of nitrogen functional groups attached to an aromatic ring is 1. The second-order valence-electron chi connectivity index (χ2n) is 8.94. The Labute approximate surface area is 208 Å². The molecule has 1 atom stereocenters. The average Bonchev–Trinajstić information content (AvgIpc) is 2.82. The number of benzene rings is 1. The van der Waals surface area contributed by atoms with Crippen molar-refractivity contribution in [3.05, 3.63) is 55.8 Å². The summed E-state index contributed by atoms with van der Waals surface area (Å²) in [6.45, 7) is 6.88. The first-order valence-electron chi connectivity index (χ1n) is 11.5. The van der Waals surface area contributed by atoms with E-state index in [9.17, 15) is 14.5 Å². The molecule has 184 valence electrons. The molecule has 2 N–H and O–H groups in total. The number of halogens is 3. The van der Waals surface area contributed by atoms with E-state index in [1.54, 1.807) is 12.1 Å². The Morgan fingerprint density at radius 2 is 1.94 bits per heavy atom. The van der Waals surface area contributed by atoms with Gasteiger partial charge in [0, 0.05) is 54.9 Å². The van der Waals surface area contributed by atoms with Crippen LogP contribution in [0, 0.1) is 15.9 Å². The molecule has 0 spiro atoms. The fraction of sp³-hybridized carbons (Fsp3) is 0.522. The van der Waals surface area contributed by atoms with Gasteiger partial charge in [-0.1, -0.05) is 36.2 Å². The molecule has 1 aromatic carbocycles. The highest BCUT2D eigenvalue weighted by Gasteiger charge is 2.34. The zero-order valence-electron chi connectivity index (χ0n) is 19.1. The summed E-state index contributed by atoms with van der Waals surface area (Å²) < 4.78 is 14.2. The largest absolute Gasteiger partial charge is 0.378 e. The van der Waals surface area contributed by atoms with Crippen molar-refractivity contribution in [1.29, 1.82) is 0 Å². The topological polar surface area (TPSA) is 91.8 Å². The van der Waals surface area contributed by atoms with Crippen LogP contribution >= 0.6 is 23.2 Å². The van der Waals surface area contributed by atoms with Gasteiger partial charge in [0.2, 0.25) is 5.82 Å². The lowest BCUT2D eigenvalue weighted by Gasteiger charge is -2.47. The van der Waals surface area contributed by atoms with Crippen LogP contribution in [-0.2, 0) is 6.54 Å². The molecule has 0 unspecified atom stereocenters. The van der Waals surface area contributed by atoms with Gasteiger partial charge in [-0.05, 0) is 44.5 Å². The van der Waals surface area contributed by atoms with Crippen molar-refractivity contribution in [2.45, 2.75) is 44.8 Å². The maximum atomic E-state index is 14.2. The molecule has 0 saturated carbocycles. The first-order valence-corrected chi connectivity index (χ1v) is 12.3. The van der Waals surface area contributed by atoms with E-state index >= 15 is 0 Å². The van der Waals surface area contributed by atoms with Crippen LogP contribution in [0.3, 0.4) is 0 Å². The summed E-state index contributed by atoms with van der Waals surface area (Å²) in [5.41, 5.74) is 6.21. The van der Waals surface area contributed by atoms with Crippen LogP contribution in [0.25, 0.3) is 0 Å². The van der Waals surface area contributed by atoms with Crippen molar-refractivity contribution in [2.75, 3.05) is 43.4 Å². The van der Waals surface area contributed by atoms with Gasteiger partial charge in [0.05, 0.1) is 9.95 Å². The van der Waals surface area contributed by atoms with Crippen LogP contribution in [0.5, 0.6) is 0 Å². The minimum absolute atomic E-state index is 0.121. The number of piperazine rings is 1. The molecule has 2 fully saturated rings. The van der Waals surface area contributed by atoms with Gasteiger partial charge in [-0.3, -0.25) is 19.9 Å². The zero-order valence-corrected chi connectivity index (χ0v) is 20.6. The third-order valence-electron chi connectivity index (χ3n) is 6.90. The van der Waals surface area contributed by atoms with E-state index in [4.69, 9.17) is 28.9 Å². The van der Waals surface area contributed by atoms with Crippen molar-refractivity contribution in [2.24, 2.45) is 0 Å². The highest BCUT2D eigenvalue weighted by molar-refractivity contribution is 6.33. The summed E-state index contributed by atoms with van der Waals surface area (Å²) in [6.07, 6.45) is 3.01. The van der Waals surface area contributed by atoms with Crippen LogP contribution in [0.2, 0.25) is 10.0 Å². The third kappa shape index (κ3) is 5.38. The van der Waals surface area contributed by atoms with E-state index in [1.165, 1.54) is 12.1 Å². The van der Waals surface area contributed by atoms with Crippen LogP contribution in [0.15, 0.2) is 24.3 Å². The molecule has 3 heterocycles. The van der Waals surface area contributed by atoms with E-state index in [1.807, 2.05) is 0 Å². The molecule has 2 aliphatic heterocycles. The number of nitrogens with two attached hydrogens (primary N) is 1. The molecule has 34 heavy (non-hydrogen) atoms. The maximum absolute atomic E-state index is 14.2. The Hall–Kier alpha value is -2.20. The normalized spacial score (nSPS) is 20.6. The lowest BCUT2D eigenvalue weighted by atomic mass is 9.97. The molecular formula is C23H29Cl2FN6O2. The molecule has 8 nitrogen and oxygen atoms in total. The SMILES string of the molecule is CC[C@H]1CN(c2nc(N)c([N+](=O)[O-])cc2Cl)CCN1C1CCN(Cc2ccc(Cl)cc2F)CC1. The molecule has 2 aliphatic rings. The summed E-state index contributed by atoms with van der Waals surface area (Å²) in [4.78, 5) is 21.7. The third-order valence-corrected chi connectivity index (χ3v) is 7.41. The fourth-order valence-corrected chi connectivity index (χ4v) is 5.48. The highest BCUT2D eigenvalue weighted by Crippen LogP contribution is 2.34. The molecule has 0 radical (unpaired) electrons. The Morgan fingerprint density at radius 1 is 1.21 bits per heavy atom. The lowest BCUT2D eigenvalue weighted by Crippen LogP contribution is -2.58. The number of hydrogen-bond donors (Lipinski definition) is 1. The summed E-state index contributed by atoms with van der Waals surface area (Å²) in [6, 6.07) is 6.93. The van der Waals surface area contributed by atoms with Crippen molar-refractivity contribution >= 4 is 40.5 Å². The quantitative estimate of drug-likeness (QED) is 0.448. The van der Waals surface area contributed by atoms with Crippen molar-refractivity contribution in [3.63, 3.8) is 0 Å². The predicted octanol–water partition coefficient (Wildman–Crippen LogP) is 4.58. The lowest BCUT2D eigenvalue weighted by molar-refractivity contribution is -0.384. The summed E-state index contributed by atoms with van der Waals surface area (Å²) >= 11 is 12.2. The van der Waals surface area contributed by atoms with Gasteiger partial charge in [-0.2, -0.15) is 0 Å². The second-order valence-corrected chi connectivity index (χ2v) is 9.79. The molecule has 1 aromatic heterocycles. The first kappa shape index (κ1) is 24.9. The number of hydrogen-bond acceptors (Lipinski definition) is 7. The van der Waals surface area contributed by atoms with E-state index in [0.29, 0.717) is 35.0 Å². The van der Waals surface area contributed by atoms with Crippen LogP contribution in [-0.4, -0.2) is 64.5 Å². The predicted molar refractivity (Wildman–Crippen MR) is 133 cm³/mol. The van der Waals surface area contributed by atoms with E-state index in [2.05, 4.69) is 26.6 Å². The molecule has 4 rings (SSSR count). The number of nitro groups is 1. The van der Waals surface area contributed by atoms with Gasteiger partial charge in [-0.15, -0.1) is 0 Å². The number of nitrogens with zero attached hydrogens (tertiary/aromatic N) is 5. The van der Waals surface area contributed by atoms with Crippen molar-refractivity contribution < 1.29 is 9.31 Å². The number of anilines is 2. The van der Waals surface area contributed by atoms with Gasteiger partial charge < -0.3 is 10.6 Å². The van der Waals surface area contributed by atoms with Gasteiger partial charge in [-0.25, -0.2) is 9.37 Å². The highest BCUT2D eigenvalue weighted by atomic mass is 35.5. The summed E-state index contributed by atoms with van der Waals surface area (Å²) in [5.74, 6) is 0.128. The zero-order chi connectivity index (χ0) is 24.4. The molecular weight excluding hydrogens is 482 g/mol.